The average molecular weight is 976 g/mol. The van der Waals surface area contributed by atoms with Gasteiger partial charge in [0.2, 0.25) is 0 Å². The van der Waals surface area contributed by atoms with Gasteiger partial charge in [0.15, 0.2) is 0 Å². The summed E-state index contributed by atoms with van der Waals surface area (Å²) in [5, 5.41) is 0.971. The summed E-state index contributed by atoms with van der Waals surface area (Å²) >= 11 is 3.46. The van der Waals surface area contributed by atoms with E-state index in [-0.39, 0.29) is 23.7 Å². The molecule has 3 aromatic rings. The molecule has 0 radical (unpaired) electrons. The molecule has 8 heteroatoms. The Kier molecular flexibility index (Phi) is 26.4. The fourth-order valence-corrected chi connectivity index (χ4v) is 9.10. The van der Waals surface area contributed by atoms with Gasteiger partial charge in [-0.05, 0) is 150 Å². The van der Waals surface area contributed by atoms with Gasteiger partial charge in [-0.3, -0.25) is 19.2 Å². The van der Waals surface area contributed by atoms with E-state index in [0.717, 1.165) is 86.2 Å². The van der Waals surface area contributed by atoms with E-state index in [1.54, 1.807) is 0 Å². The highest BCUT2D eigenvalue weighted by molar-refractivity contribution is 9.09. The van der Waals surface area contributed by atoms with Crippen LogP contribution < -0.4 is 0 Å². The summed E-state index contributed by atoms with van der Waals surface area (Å²) in [6, 6.07) is 25.2. The van der Waals surface area contributed by atoms with Crippen molar-refractivity contribution in [2.75, 3.05) is 25.2 Å². The number of unbranched alkanes of at least 4 members (excludes halogenated alkanes) is 3. The zero-order chi connectivity index (χ0) is 49.3. The highest BCUT2D eigenvalue weighted by Gasteiger charge is 2.38. The van der Waals surface area contributed by atoms with E-state index >= 15 is 0 Å². The molecule has 0 aliphatic rings. The Balaban J connectivity index is 0.000000568. The summed E-state index contributed by atoms with van der Waals surface area (Å²) in [4.78, 5) is 51.3. The first kappa shape index (κ1) is 58.3. The molecular weight excluding hydrogens is 889 g/mol. The molecule has 0 N–H and O–H groups in total. The lowest BCUT2D eigenvalue weighted by atomic mass is 9.77. The normalized spacial score (nSPS) is 14.1. The molecule has 3 unspecified atom stereocenters. The van der Waals surface area contributed by atoms with E-state index in [1.807, 2.05) is 41.5 Å². The fraction of sp³-hybridized carbons (Fsp3) is 0.621. The summed E-state index contributed by atoms with van der Waals surface area (Å²) in [7, 11) is 0. The maximum atomic E-state index is 13.0. The van der Waals surface area contributed by atoms with E-state index < -0.39 is 16.2 Å². The van der Waals surface area contributed by atoms with E-state index in [1.165, 1.54) is 16.7 Å². The molecule has 3 rings (SSSR count). The maximum absolute atomic E-state index is 13.0. The summed E-state index contributed by atoms with van der Waals surface area (Å²) in [5.41, 5.74) is 4.83. The van der Waals surface area contributed by atoms with Crippen LogP contribution in [0.2, 0.25) is 0 Å². The van der Waals surface area contributed by atoms with Crippen molar-refractivity contribution in [1.82, 2.24) is 0 Å². The van der Waals surface area contributed by atoms with Gasteiger partial charge in [0.1, 0.15) is 5.78 Å². The van der Waals surface area contributed by atoms with Gasteiger partial charge in [-0.15, -0.1) is 0 Å². The van der Waals surface area contributed by atoms with Gasteiger partial charge in [0, 0.05) is 18.2 Å². The first-order chi connectivity index (χ1) is 31.3. The molecule has 3 aromatic carbocycles. The van der Waals surface area contributed by atoms with Crippen LogP contribution in [0.5, 0.6) is 0 Å². The van der Waals surface area contributed by atoms with Gasteiger partial charge in [0.25, 0.3) is 0 Å². The lowest BCUT2D eigenvalue weighted by Crippen LogP contribution is -2.34. The van der Waals surface area contributed by atoms with Crippen LogP contribution in [0.25, 0.3) is 0 Å². The molecule has 0 heterocycles. The minimum absolute atomic E-state index is 0.110. The Morgan fingerprint density at radius 1 is 0.439 bits per heavy atom. The number of Topliss-reactive ketones (excluding diaryl/α,β-unsaturated/α-hetero) is 1. The Labute approximate surface area is 409 Å². The summed E-state index contributed by atoms with van der Waals surface area (Å²) < 4.78 is 16.3. The number of rotatable bonds is 29. The molecule has 0 amide bonds. The zero-order valence-electron chi connectivity index (χ0n) is 43.1. The maximum Gasteiger partial charge on any atom is 0.316 e. The van der Waals surface area contributed by atoms with Crippen LogP contribution in [0.15, 0.2) is 72.8 Å². The highest BCUT2D eigenvalue weighted by atomic mass is 79.9. The molecular formula is C58H87BrO7. The van der Waals surface area contributed by atoms with Crippen LogP contribution in [0.1, 0.15) is 187 Å². The Morgan fingerprint density at radius 3 is 0.924 bits per heavy atom. The topological polar surface area (TPSA) is 96.0 Å². The molecule has 0 spiro atoms. The lowest BCUT2D eigenvalue weighted by molar-refractivity contribution is -0.150. The lowest BCUT2D eigenvalue weighted by Gasteiger charge is -2.28. The van der Waals surface area contributed by atoms with Gasteiger partial charge >= 0.3 is 17.9 Å². The smallest absolute Gasteiger partial charge is 0.316 e. The van der Waals surface area contributed by atoms with Crippen LogP contribution in [0.3, 0.4) is 0 Å². The largest absolute Gasteiger partial charge is 0.465 e. The Hall–Kier alpha value is -3.78. The van der Waals surface area contributed by atoms with Gasteiger partial charge in [-0.25, -0.2) is 0 Å². The number of ketones is 1. The molecule has 0 saturated carbocycles. The highest BCUT2D eigenvalue weighted by Crippen LogP contribution is 2.35. The third-order valence-electron chi connectivity index (χ3n) is 12.7. The number of halogens is 1. The Morgan fingerprint density at radius 2 is 0.697 bits per heavy atom. The standard InChI is InChI=1S/C39H58O5.C19H29BrO2/c1-9-43-36(41)38(7,33-21-17-31(18-22-33)27-29(3)4)25-13-11-15-35(40)16-12-14-26-39(8,37(42)44-10-2)34-23-19-32(20-24-34)28-30(5)6;1-5-22-18(21)19(4,12-6-7-13-20)17-10-8-16(9-11-17)14-15(2)3/h17-24,29-30H,9-16,25-28H2,1-8H3;8-11,15H,5-7,12-14H2,1-4H3. The van der Waals surface area contributed by atoms with Gasteiger partial charge in [0.05, 0.1) is 36.1 Å². The second kappa shape index (κ2) is 29.9. The third kappa shape index (κ3) is 19.1. The van der Waals surface area contributed by atoms with Crippen LogP contribution in [0.4, 0.5) is 0 Å². The molecule has 0 bridgehead atoms. The number of carbonyl (C=O) groups is 4. The van der Waals surface area contributed by atoms with Gasteiger partial charge in [-0.2, -0.15) is 0 Å². The summed E-state index contributed by atoms with van der Waals surface area (Å²) in [6.45, 7) is 25.8. The van der Waals surface area contributed by atoms with E-state index in [9.17, 15) is 19.2 Å². The SMILES string of the molecule is CCOC(=O)C(C)(CCCCBr)c1ccc(CC(C)C)cc1.CCOC(=O)C(C)(CCCCC(=O)CCCCC(C)(C(=O)OCC)c1ccc(CC(C)C)cc1)c1ccc(CC(C)C)cc1. The van der Waals surface area contributed by atoms with Crippen molar-refractivity contribution >= 4 is 39.6 Å². The number of hydrogen-bond donors (Lipinski definition) is 0. The predicted octanol–water partition coefficient (Wildman–Crippen LogP) is 14.4. The average Bonchev–Trinajstić information content (AvgIpc) is 3.27. The zero-order valence-corrected chi connectivity index (χ0v) is 44.7. The predicted molar refractivity (Wildman–Crippen MR) is 276 cm³/mol. The first-order valence-corrected chi connectivity index (χ1v) is 26.3. The monoisotopic (exact) mass is 975 g/mol. The van der Waals surface area contributed by atoms with Gasteiger partial charge in [-0.1, -0.05) is 150 Å². The quantitative estimate of drug-likeness (QED) is 0.0296. The van der Waals surface area contributed by atoms with Crippen LogP contribution in [-0.4, -0.2) is 48.8 Å². The van der Waals surface area contributed by atoms with E-state index in [4.69, 9.17) is 14.2 Å². The van der Waals surface area contributed by atoms with Crippen molar-refractivity contribution < 1.29 is 33.4 Å². The number of carbonyl (C=O) groups excluding carboxylic acids is 4. The minimum atomic E-state index is -0.736. The third-order valence-corrected chi connectivity index (χ3v) is 13.3. The van der Waals surface area contributed by atoms with Crippen LogP contribution in [-0.2, 0) is 68.9 Å². The van der Waals surface area contributed by atoms with E-state index in [2.05, 4.69) is 130 Å². The number of alkyl halides is 1. The fourth-order valence-electron chi connectivity index (χ4n) is 8.70. The second-order valence-corrected chi connectivity index (χ2v) is 20.9. The molecule has 0 saturated heterocycles. The van der Waals surface area contributed by atoms with Crippen molar-refractivity contribution in [1.29, 1.82) is 0 Å². The summed E-state index contributed by atoms with van der Waals surface area (Å²) in [5.74, 6) is 1.50. The first-order valence-electron chi connectivity index (χ1n) is 25.2. The van der Waals surface area contributed by atoms with Crippen molar-refractivity contribution in [3.05, 3.63) is 106 Å². The molecule has 0 aliphatic heterocycles. The van der Waals surface area contributed by atoms with Crippen molar-refractivity contribution in [3.63, 3.8) is 0 Å². The molecule has 0 fully saturated rings. The Bertz CT molecular complexity index is 1780. The molecule has 66 heavy (non-hydrogen) atoms. The van der Waals surface area contributed by atoms with Gasteiger partial charge < -0.3 is 14.2 Å². The summed E-state index contributed by atoms with van der Waals surface area (Å²) in [6.07, 6.45) is 11.3. The number of ether oxygens (including phenoxy) is 3. The molecule has 368 valence electrons. The molecule has 7 nitrogen and oxygen atoms in total. The van der Waals surface area contributed by atoms with Crippen molar-refractivity contribution in [2.45, 2.75) is 189 Å². The molecule has 0 aliphatic carbocycles. The number of benzene rings is 3. The van der Waals surface area contributed by atoms with Crippen molar-refractivity contribution in [3.8, 4) is 0 Å². The number of esters is 3. The van der Waals surface area contributed by atoms with Crippen molar-refractivity contribution in [2.24, 2.45) is 17.8 Å². The molecule has 0 aromatic heterocycles. The van der Waals surface area contributed by atoms with Crippen LogP contribution in [0, 0.1) is 17.8 Å². The second-order valence-electron chi connectivity index (χ2n) is 20.1. The molecule has 3 atom stereocenters. The number of hydrogen-bond acceptors (Lipinski definition) is 7. The van der Waals surface area contributed by atoms with Crippen LogP contribution >= 0.6 is 15.9 Å². The minimum Gasteiger partial charge on any atom is -0.465 e. The van der Waals surface area contributed by atoms with E-state index in [0.29, 0.717) is 63.3 Å².